The molecule has 34 heavy (non-hydrogen) atoms. The number of hydrogen-bond acceptors (Lipinski definition) is 8. The molecule has 3 aliphatic heterocycles. The van der Waals surface area contributed by atoms with Crippen LogP contribution in [0.4, 0.5) is 4.79 Å². The highest BCUT2D eigenvalue weighted by molar-refractivity contribution is 5.80. The van der Waals surface area contributed by atoms with Crippen LogP contribution in [0.15, 0.2) is 36.4 Å². The lowest BCUT2D eigenvalue weighted by molar-refractivity contribution is -0.147. The van der Waals surface area contributed by atoms with E-state index in [4.69, 9.17) is 4.74 Å². The molecule has 11 nitrogen and oxygen atoms in total. The zero-order chi connectivity index (χ0) is 23.5. The molecule has 1 unspecified atom stereocenters. The monoisotopic (exact) mass is 466 g/mol. The maximum atomic E-state index is 13.3. The summed E-state index contributed by atoms with van der Waals surface area (Å²) >= 11 is 0. The van der Waals surface area contributed by atoms with Crippen LogP contribution in [0, 0.1) is 5.92 Å². The molecular formula is C23H30N8O3. The van der Waals surface area contributed by atoms with Crippen molar-refractivity contribution in [2.45, 2.75) is 38.6 Å². The summed E-state index contributed by atoms with van der Waals surface area (Å²) in [4.78, 5) is 35.7. The third kappa shape index (κ3) is 4.79. The van der Waals surface area contributed by atoms with Gasteiger partial charge in [-0.1, -0.05) is 6.07 Å². The minimum absolute atomic E-state index is 0.0508. The second-order valence-corrected chi connectivity index (χ2v) is 9.14. The lowest BCUT2D eigenvalue weighted by Gasteiger charge is -2.44. The molecule has 2 fully saturated rings. The molecule has 5 heterocycles. The van der Waals surface area contributed by atoms with Crippen molar-refractivity contribution in [3.05, 3.63) is 42.0 Å². The number of hydrogen-bond donors (Lipinski definition) is 0. The number of amides is 2. The molecule has 0 spiro atoms. The number of rotatable bonds is 6. The van der Waals surface area contributed by atoms with Gasteiger partial charge in [0.2, 0.25) is 0 Å². The molecule has 11 heteroatoms. The number of nitrogens with zero attached hydrogens (tertiary/aromatic N) is 8. The average molecular weight is 467 g/mol. The van der Waals surface area contributed by atoms with Crippen LogP contribution in [0.3, 0.4) is 0 Å². The molecule has 2 amide bonds. The van der Waals surface area contributed by atoms with Crippen LogP contribution in [0.25, 0.3) is 5.82 Å². The van der Waals surface area contributed by atoms with Gasteiger partial charge < -0.3 is 14.5 Å². The van der Waals surface area contributed by atoms with Gasteiger partial charge in [-0.2, -0.15) is 4.68 Å². The molecule has 0 radical (unpaired) electrons. The molecule has 2 aromatic rings. The van der Waals surface area contributed by atoms with Crippen molar-refractivity contribution in [2.75, 3.05) is 39.3 Å². The lowest BCUT2D eigenvalue weighted by atomic mass is 10.0. The average Bonchev–Trinajstić information content (AvgIpc) is 3.41. The van der Waals surface area contributed by atoms with Crippen molar-refractivity contribution < 1.29 is 14.3 Å². The first-order valence-electron chi connectivity index (χ1n) is 11.9. The highest BCUT2D eigenvalue weighted by Crippen LogP contribution is 2.26. The summed E-state index contributed by atoms with van der Waals surface area (Å²) in [6.07, 6.45) is 9.08. The van der Waals surface area contributed by atoms with Gasteiger partial charge in [0.25, 0.3) is 0 Å². The summed E-state index contributed by atoms with van der Waals surface area (Å²) < 4.78 is 6.78. The maximum Gasteiger partial charge on any atom is 0.324 e. The highest BCUT2D eigenvalue weighted by atomic mass is 16.5. The molecule has 2 aromatic heterocycles. The van der Waals surface area contributed by atoms with Gasteiger partial charge in [0, 0.05) is 45.0 Å². The number of cyclic esters (lactones) is 1. The lowest BCUT2D eigenvalue weighted by Crippen LogP contribution is -2.56. The number of pyridine rings is 1. The molecule has 0 saturated carbocycles. The molecule has 5 rings (SSSR count). The van der Waals surface area contributed by atoms with Gasteiger partial charge in [0.1, 0.15) is 12.9 Å². The Kier molecular flexibility index (Phi) is 6.52. The Bertz CT molecular complexity index is 1030. The van der Waals surface area contributed by atoms with Crippen LogP contribution >= 0.6 is 0 Å². The number of esters is 1. The SMILES string of the molecule is CC1C=C(N2CCCN(C3CCN(CCc4ccc(-n5cnnn5)nc4)CC3)C2=O)COC1=O. The van der Waals surface area contributed by atoms with Gasteiger partial charge in [-0.25, -0.2) is 9.78 Å². The predicted molar refractivity (Wildman–Crippen MR) is 122 cm³/mol. The van der Waals surface area contributed by atoms with Crippen molar-refractivity contribution in [3.8, 4) is 5.82 Å². The fraction of sp³-hybridized carbons (Fsp3) is 0.565. The minimum Gasteiger partial charge on any atom is -0.459 e. The largest absolute Gasteiger partial charge is 0.459 e. The molecular weight excluding hydrogens is 436 g/mol. The molecule has 1 atom stereocenters. The van der Waals surface area contributed by atoms with E-state index in [9.17, 15) is 9.59 Å². The zero-order valence-corrected chi connectivity index (χ0v) is 19.4. The fourth-order valence-corrected chi connectivity index (χ4v) is 4.91. The van der Waals surface area contributed by atoms with Crippen molar-refractivity contribution in [3.63, 3.8) is 0 Å². The van der Waals surface area contributed by atoms with E-state index in [2.05, 4.69) is 31.5 Å². The standard InChI is InChI=1S/C23H30N8O3/c1-17-13-20(15-34-22(17)32)30-9-2-8-29(23(30)33)19-6-11-28(12-7-19)10-5-18-3-4-21(24-14-18)31-16-25-26-27-31/h3-4,13-14,16-17,19H,2,5-12,15H2,1H3. The highest BCUT2D eigenvalue weighted by Gasteiger charge is 2.36. The van der Waals surface area contributed by atoms with Gasteiger partial charge in [0.15, 0.2) is 5.82 Å². The summed E-state index contributed by atoms with van der Waals surface area (Å²) in [5.74, 6) is 0.171. The van der Waals surface area contributed by atoms with Gasteiger partial charge in [0.05, 0.1) is 11.6 Å². The van der Waals surface area contributed by atoms with E-state index >= 15 is 0 Å². The Balaban J connectivity index is 1.11. The number of carbonyl (C=O) groups excluding carboxylic acids is 2. The van der Waals surface area contributed by atoms with Crippen molar-refractivity contribution in [1.82, 2.24) is 39.9 Å². The van der Waals surface area contributed by atoms with Gasteiger partial charge in [-0.05, 0) is 60.7 Å². The van der Waals surface area contributed by atoms with E-state index in [0.29, 0.717) is 12.4 Å². The quantitative estimate of drug-likeness (QED) is 0.586. The maximum absolute atomic E-state index is 13.3. The summed E-state index contributed by atoms with van der Waals surface area (Å²) in [7, 11) is 0. The van der Waals surface area contributed by atoms with Crippen LogP contribution in [-0.2, 0) is 16.0 Å². The first-order chi connectivity index (χ1) is 16.6. The number of piperidine rings is 1. The summed E-state index contributed by atoms with van der Waals surface area (Å²) in [6, 6.07) is 4.30. The predicted octanol–water partition coefficient (Wildman–Crippen LogP) is 1.27. The summed E-state index contributed by atoms with van der Waals surface area (Å²) in [5.41, 5.74) is 2.00. The molecule has 3 aliphatic rings. The van der Waals surface area contributed by atoms with E-state index in [1.54, 1.807) is 0 Å². The Labute approximate surface area is 198 Å². The normalized spacial score (nSPS) is 22.6. The minimum atomic E-state index is -0.304. The van der Waals surface area contributed by atoms with Crippen LogP contribution in [0.1, 0.15) is 31.7 Å². The third-order valence-electron chi connectivity index (χ3n) is 6.89. The molecule has 0 bridgehead atoms. The van der Waals surface area contributed by atoms with Crippen LogP contribution < -0.4 is 0 Å². The Hall–Kier alpha value is -3.34. The van der Waals surface area contributed by atoms with Gasteiger partial charge in [-0.3, -0.25) is 9.69 Å². The first kappa shape index (κ1) is 22.5. The molecule has 0 N–H and O–H groups in total. The first-order valence-corrected chi connectivity index (χ1v) is 11.9. The Morgan fingerprint density at radius 1 is 1.12 bits per heavy atom. The number of aromatic nitrogens is 5. The smallest absolute Gasteiger partial charge is 0.324 e. The van der Waals surface area contributed by atoms with Crippen LogP contribution in [0.5, 0.6) is 0 Å². The fourth-order valence-electron chi connectivity index (χ4n) is 4.91. The number of carbonyl (C=O) groups is 2. The van der Waals surface area contributed by atoms with Crippen molar-refractivity contribution in [1.29, 1.82) is 0 Å². The summed E-state index contributed by atoms with van der Waals surface area (Å²) in [6.45, 7) is 6.39. The number of likely N-dealkylation sites (tertiary alicyclic amines) is 1. The van der Waals surface area contributed by atoms with Gasteiger partial charge >= 0.3 is 12.0 Å². The second-order valence-electron chi connectivity index (χ2n) is 9.14. The Morgan fingerprint density at radius 3 is 2.68 bits per heavy atom. The molecule has 2 saturated heterocycles. The third-order valence-corrected chi connectivity index (χ3v) is 6.89. The van der Waals surface area contributed by atoms with Crippen molar-refractivity contribution >= 4 is 12.0 Å². The topological polar surface area (TPSA) is 110 Å². The number of urea groups is 1. The van der Waals surface area contributed by atoms with E-state index in [-0.39, 0.29) is 30.6 Å². The van der Waals surface area contributed by atoms with Crippen LogP contribution in [-0.4, -0.2) is 97.3 Å². The van der Waals surface area contributed by atoms with E-state index in [0.717, 1.165) is 57.6 Å². The van der Waals surface area contributed by atoms with Gasteiger partial charge in [-0.15, -0.1) is 5.10 Å². The van der Waals surface area contributed by atoms with E-state index < -0.39 is 0 Å². The zero-order valence-electron chi connectivity index (χ0n) is 19.4. The molecule has 180 valence electrons. The van der Waals surface area contributed by atoms with Crippen LogP contribution in [0.2, 0.25) is 0 Å². The molecule has 0 aliphatic carbocycles. The Morgan fingerprint density at radius 2 is 1.97 bits per heavy atom. The second kappa shape index (κ2) is 9.88. The van der Waals surface area contributed by atoms with E-state index in [1.165, 1.54) is 16.6 Å². The number of tetrazole rings is 1. The molecule has 0 aromatic carbocycles. The number of ether oxygens (including phenoxy) is 1. The summed E-state index contributed by atoms with van der Waals surface area (Å²) in [5, 5.41) is 11.1. The van der Waals surface area contributed by atoms with E-state index in [1.807, 2.05) is 35.1 Å². The van der Waals surface area contributed by atoms with Crippen molar-refractivity contribution in [2.24, 2.45) is 5.92 Å².